The summed E-state index contributed by atoms with van der Waals surface area (Å²) in [5.74, 6) is -2.06. The van der Waals surface area contributed by atoms with Crippen molar-refractivity contribution in [3.05, 3.63) is 17.7 Å². The van der Waals surface area contributed by atoms with Crippen LogP contribution in [0.25, 0.3) is 0 Å². The van der Waals surface area contributed by atoms with Gasteiger partial charge in [0.1, 0.15) is 12.1 Å². The van der Waals surface area contributed by atoms with Gasteiger partial charge in [0.15, 0.2) is 35.9 Å². The van der Waals surface area contributed by atoms with Crippen molar-refractivity contribution in [3.8, 4) is 12.1 Å². The van der Waals surface area contributed by atoms with Crippen LogP contribution in [0.2, 0.25) is 0 Å². The Morgan fingerprint density at radius 1 is 1.07 bits per heavy atom. The van der Waals surface area contributed by atoms with Gasteiger partial charge in [-0.3, -0.25) is 19.0 Å². The average molecular weight is 376 g/mol. The summed E-state index contributed by atoms with van der Waals surface area (Å²) in [4.78, 5) is 38.3. The van der Waals surface area contributed by atoms with E-state index in [1.807, 2.05) is 6.07 Å². The SMILES string of the molecule is CC(=O)OC1COC(n2cnc(C#N)c2C#N)C(OC(C)=O)C1OC(C)=O. The van der Waals surface area contributed by atoms with Gasteiger partial charge in [-0.2, -0.15) is 10.5 Å². The lowest BCUT2D eigenvalue weighted by atomic mass is 10.0. The van der Waals surface area contributed by atoms with E-state index in [0.717, 1.165) is 13.8 Å². The zero-order valence-electron chi connectivity index (χ0n) is 14.7. The predicted octanol–water partition coefficient (Wildman–Crippen LogP) is -0.0496. The van der Waals surface area contributed by atoms with Crippen LogP contribution in [0.4, 0.5) is 0 Å². The number of nitrogens with zero attached hydrogens (tertiary/aromatic N) is 4. The Hall–Kier alpha value is -3.44. The summed E-state index contributed by atoms with van der Waals surface area (Å²) in [6.07, 6.45) is -3.42. The molecule has 142 valence electrons. The van der Waals surface area contributed by atoms with Crippen LogP contribution in [0.3, 0.4) is 0 Å². The monoisotopic (exact) mass is 376 g/mol. The summed E-state index contributed by atoms with van der Waals surface area (Å²) < 4.78 is 22.4. The average Bonchev–Trinajstić information content (AvgIpc) is 2.99. The highest BCUT2D eigenvalue weighted by molar-refractivity contribution is 5.68. The van der Waals surface area contributed by atoms with Gasteiger partial charge in [-0.25, -0.2) is 4.98 Å². The molecule has 0 aliphatic carbocycles. The van der Waals surface area contributed by atoms with Crippen LogP contribution in [0, 0.1) is 22.7 Å². The third-order valence-electron chi connectivity index (χ3n) is 3.60. The highest BCUT2D eigenvalue weighted by atomic mass is 16.6. The van der Waals surface area contributed by atoms with Crippen molar-refractivity contribution in [2.75, 3.05) is 6.61 Å². The lowest BCUT2D eigenvalue weighted by molar-refractivity contribution is -0.239. The van der Waals surface area contributed by atoms with E-state index in [9.17, 15) is 19.6 Å². The molecular formula is C16H16N4O7. The molecule has 1 fully saturated rings. The summed E-state index contributed by atoms with van der Waals surface area (Å²) >= 11 is 0. The first kappa shape index (κ1) is 19.9. The predicted molar refractivity (Wildman–Crippen MR) is 83.3 cm³/mol. The van der Waals surface area contributed by atoms with Gasteiger partial charge in [-0.1, -0.05) is 0 Å². The van der Waals surface area contributed by atoms with E-state index in [-0.39, 0.29) is 18.0 Å². The molecule has 0 amide bonds. The molecule has 1 aromatic rings. The maximum atomic E-state index is 11.6. The van der Waals surface area contributed by atoms with Crippen molar-refractivity contribution >= 4 is 17.9 Å². The molecule has 1 aliphatic rings. The number of hydrogen-bond donors (Lipinski definition) is 0. The Kier molecular flexibility index (Phi) is 6.11. The normalized spacial score (nSPS) is 24.2. The van der Waals surface area contributed by atoms with Gasteiger partial charge in [0.25, 0.3) is 0 Å². The van der Waals surface area contributed by atoms with Gasteiger partial charge in [0, 0.05) is 20.8 Å². The second-order valence-corrected chi connectivity index (χ2v) is 5.59. The van der Waals surface area contributed by atoms with Crippen LogP contribution in [0.15, 0.2) is 6.33 Å². The molecule has 0 bridgehead atoms. The molecule has 1 aliphatic heterocycles. The van der Waals surface area contributed by atoms with Crippen LogP contribution in [-0.2, 0) is 33.3 Å². The van der Waals surface area contributed by atoms with Crippen molar-refractivity contribution in [1.29, 1.82) is 10.5 Å². The third-order valence-corrected chi connectivity index (χ3v) is 3.60. The Morgan fingerprint density at radius 2 is 1.67 bits per heavy atom. The van der Waals surface area contributed by atoms with Crippen LogP contribution in [-0.4, -0.2) is 52.4 Å². The fourth-order valence-electron chi connectivity index (χ4n) is 2.71. The van der Waals surface area contributed by atoms with E-state index < -0.39 is 42.4 Å². The third kappa shape index (κ3) is 4.40. The molecule has 11 nitrogen and oxygen atoms in total. The molecule has 1 saturated heterocycles. The van der Waals surface area contributed by atoms with E-state index in [2.05, 4.69) is 4.98 Å². The van der Waals surface area contributed by atoms with Crippen molar-refractivity contribution < 1.29 is 33.3 Å². The van der Waals surface area contributed by atoms with Crippen molar-refractivity contribution in [2.45, 2.75) is 45.3 Å². The molecule has 4 unspecified atom stereocenters. The maximum Gasteiger partial charge on any atom is 0.303 e. The summed E-state index contributed by atoms with van der Waals surface area (Å²) in [7, 11) is 0. The number of carbonyl (C=O) groups is 3. The largest absolute Gasteiger partial charge is 0.456 e. The highest BCUT2D eigenvalue weighted by Crippen LogP contribution is 2.32. The van der Waals surface area contributed by atoms with Crippen LogP contribution < -0.4 is 0 Å². The van der Waals surface area contributed by atoms with Gasteiger partial charge in [-0.15, -0.1) is 0 Å². The minimum atomic E-state index is -1.25. The van der Waals surface area contributed by atoms with E-state index in [1.54, 1.807) is 6.07 Å². The van der Waals surface area contributed by atoms with E-state index in [0.29, 0.717) is 0 Å². The van der Waals surface area contributed by atoms with E-state index in [1.165, 1.54) is 17.8 Å². The number of ether oxygens (including phenoxy) is 4. The Morgan fingerprint density at radius 3 is 2.19 bits per heavy atom. The van der Waals surface area contributed by atoms with Gasteiger partial charge in [0.05, 0.1) is 12.9 Å². The lowest BCUT2D eigenvalue weighted by Gasteiger charge is -2.40. The summed E-state index contributed by atoms with van der Waals surface area (Å²) in [6, 6.07) is 3.60. The smallest absolute Gasteiger partial charge is 0.303 e. The van der Waals surface area contributed by atoms with Crippen molar-refractivity contribution in [3.63, 3.8) is 0 Å². The van der Waals surface area contributed by atoms with E-state index >= 15 is 0 Å². The molecule has 0 radical (unpaired) electrons. The highest BCUT2D eigenvalue weighted by Gasteiger charge is 2.48. The first-order valence-corrected chi connectivity index (χ1v) is 7.78. The minimum absolute atomic E-state index is 0.118. The van der Waals surface area contributed by atoms with Crippen molar-refractivity contribution in [2.24, 2.45) is 0 Å². The topological polar surface area (TPSA) is 154 Å². The van der Waals surface area contributed by atoms with Crippen LogP contribution in [0.1, 0.15) is 38.4 Å². The number of aromatic nitrogens is 2. The fourth-order valence-corrected chi connectivity index (χ4v) is 2.71. The molecule has 11 heteroatoms. The molecule has 0 N–H and O–H groups in total. The second kappa shape index (κ2) is 8.29. The standard InChI is InChI=1S/C16H16N4O7/c1-8(21)25-13-6-24-16(20-7-19-11(4-17)12(20)5-18)15(27-10(3)23)14(13)26-9(2)22/h7,13-16H,6H2,1-3H3. The maximum absolute atomic E-state index is 11.6. The second-order valence-electron chi connectivity index (χ2n) is 5.59. The number of nitriles is 2. The van der Waals surface area contributed by atoms with Gasteiger partial charge < -0.3 is 18.9 Å². The van der Waals surface area contributed by atoms with E-state index in [4.69, 9.17) is 24.2 Å². The summed E-state index contributed by atoms with van der Waals surface area (Å²) in [5, 5.41) is 18.4. The number of carbonyl (C=O) groups excluding carboxylic acids is 3. The first-order valence-electron chi connectivity index (χ1n) is 7.78. The molecule has 0 saturated carbocycles. The summed E-state index contributed by atoms with van der Waals surface area (Å²) in [5.41, 5.74) is -0.263. The molecule has 4 atom stereocenters. The number of imidazole rings is 1. The Balaban J connectivity index is 2.48. The minimum Gasteiger partial charge on any atom is -0.456 e. The zero-order valence-corrected chi connectivity index (χ0v) is 14.7. The molecular weight excluding hydrogens is 360 g/mol. The molecule has 0 aromatic carbocycles. The number of hydrogen-bond acceptors (Lipinski definition) is 10. The van der Waals surface area contributed by atoms with Crippen LogP contribution in [0.5, 0.6) is 0 Å². The zero-order chi connectivity index (χ0) is 20.1. The fraction of sp³-hybridized carbons (Fsp3) is 0.500. The Bertz CT molecular complexity index is 835. The molecule has 2 rings (SSSR count). The Labute approximate surface area is 154 Å². The van der Waals surface area contributed by atoms with Crippen LogP contribution >= 0.6 is 0 Å². The summed E-state index contributed by atoms with van der Waals surface area (Å²) in [6.45, 7) is 3.24. The first-order chi connectivity index (χ1) is 12.8. The van der Waals surface area contributed by atoms with Crippen molar-refractivity contribution in [1.82, 2.24) is 9.55 Å². The lowest BCUT2D eigenvalue weighted by Crippen LogP contribution is -2.55. The number of esters is 3. The molecule has 1 aromatic heterocycles. The molecule has 0 spiro atoms. The molecule has 2 heterocycles. The quantitative estimate of drug-likeness (QED) is 0.516. The van der Waals surface area contributed by atoms with Gasteiger partial charge >= 0.3 is 17.9 Å². The van der Waals surface area contributed by atoms with Gasteiger partial charge in [-0.05, 0) is 0 Å². The van der Waals surface area contributed by atoms with Gasteiger partial charge in [0.2, 0.25) is 0 Å². The molecule has 27 heavy (non-hydrogen) atoms. The number of rotatable bonds is 4.